The molecule has 0 radical (unpaired) electrons. The van der Waals surface area contributed by atoms with Crippen LogP contribution in [0, 0.1) is 6.92 Å². The van der Waals surface area contributed by atoms with Gasteiger partial charge in [-0.1, -0.05) is 29.8 Å². The van der Waals surface area contributed by atoms with E-state index in [2.05, 4.69) is 25.8 Å². The molecule has 0 aliphatic carbocycles. The van der Waals surface area contributed by atoms with Gasteiger partial charge in [0.1, 0.15) is 5.75 Å². The van der Waals surface area contributed by atoms with Gasteiger partial charge in [0.2, 0.25) is 5.95 Å². The van der Waals surface area contributed by atoms with Gasteiger partial charge in [-0.25, -0.2) is 0 Å². The van der Waals surface area contributed by atoms with E-state index in [4.69, 9.17) is 16.3 Å². The highest BCUT2D eigenvalue weighted by Gasteiger charge is 2.08. The van der Waals surface area contributed by atoms with E-state index in [1.807, 2.05) is 63.2 Å². The minimum Gasteiger partial charge on any atom is -0.489 e. The molecular weight excluding hydrogens is 350 g/mol. The average Bonchev–Trinajstić information content (AvgIpc) is 2.60. The zero-order valence-electron chi connectivity index (χ0n) is 14.8. The van der Waals surface area contributed by atoms with Gasteiger partial charge in [0.15, 0.2) is 5.82 Å². The first-order valence-electron chi connectivity index (χ1n) is 8.27. The van der Waals surface area contributed by atoms with Crippen LogP contribution in [-0.2, 0) is 0 Å². The number of benzene rings is 2. The minimum absolute atomic E-state index is 0.0656. The molecule has 2 aromatic carbocycles. The molecule has 0 saturated heterocycles. The fourth-order valence-electron chi connectivity index (χ4n) is 2.33. The molecule has 6 nitrogen and oxygen atoms in total. The van der Waals surface area contributed by atoms with Crippen molar-refractivity contribution in [2.45, 2.75) is 26.9 Å². The van der Waals surface area contributed by atoms with E-state index >= 15 is 0 Å². The molecule has 0 saturated carbocycles. The number of hydrogen-bond donors (Lipinski definition) is 2. The number of para-hydroxylation sites is 2. The number of nitrogens with one attached hydrogen (secondary N) is 2. The van der Waals surface area contributed by atoms with Crippen LogP contribution < -0.4 is 15.4 Å². The summed E-state index contributed by atoms with van der Waals surface area (Å²) in [4.78, 5) is 4.46. The van der Waals surface area contributed by atoms with Crippen LogP contribution in [0.25, 0.3) is 0 Å². The summed E-state index contributed by atoms with van der Waals surface area (Å²) in [6.45, 7) is 5.95. The molecule has 3 rings (SSSR count). The molecular formula is C19H20ClN5O. The van der Waals surface area contributed by atoms with Crippen LogP contribution >= 0.6 is 11.6 Å². The quantitative estimate of drug-likeness (QED) is 0.629. The van der Waals surface area contributed by atoms with E-state index in [-0.39, 0.29) is 6.10 Å². The van der Waals surface area contributed by atoms with Crippen LogP contribution in [0.2, 0.25) is 5.02 Å². The fourth-order valence-corrected chi connectivity index (χ4v) is 2.50. The normalized spacial score (nSPS) is 10.7. The molecule has 1 aromatic heterocycles. The third-order valence-electron chi connectivity index (χ3n) is 3.52. The van der Waals surface area contributed by atoms with Gasteiger partial charge in [-0.05, 0) is 50.6 Å². The molecule has 3 aromatic rings. The van der Waals surface area contributed by atoms with Crippen LogP contribution in [0.15, 0.2) is 48.7 Å². The van der Waals surface area contributed by atoms with Crippen molar-refractivity contribution in [2.75, 3.05) is 10.6 Å². The summed E-state index contributed by atoms with van der Waals surface area (Å²) in [5, 5.41) is 15.1. The van der Waals surface area contributed by atoms with E-state index in [1.54, 1.807) is 6.20 Å². The van der Waals surface area contributed by atoms with E-state index in [1.165, 1.54) is 0 Å². The Kier molecular flexibility index (Phi) is 5.53. The highest BCUT2D eigenvalue weighted by Crippen LogP contribution is 2.28. The Morgan fingerprint density at radius 2 is 1.85 bits per heavy atom. The highest BCUT2D eigenvalue weighted by atomic mass is 35.5. The summed E-state index contributed by atoms with van der Waals surface area (Å²) in [6, 6.07) is 13.3. The second-order valence-electron chi connectivity index (χ2n) is 6.04. The number of aromatic nitrogens is 3. The molecule has 134 valence electrons. The van der Waals surface area contributed by atoms with Crippen LogP contribution in [0.3, 0.4) is 0 Å². The maximum Gasteiger partial charge on any atom is 0.249 e. The number of hydrogen-bond acceptors (Lipinski definition) is 6. The van der Waals surface area contributed by atoms with Crippen molar-refractivity contribution in [2.24, 2.45) is 0 Å². The Hall–Kier alpha value is -2.86. The summed E-state index contributed by atoms with van der Waals surface area (Å²) in [5.74, 6) is 1.67. The summed E-state index contributed by atoms with van der Waals surface area (Å²) in [7, 11) is 0. The molecule has 2 N–H and O–H groups in total. The highest BCUT2D eigenvalue weighted by molar-refractivity contribution is 6.30. The second kappa shape index (κ2) is 8.01. The third-order valence-corrected chi connectivity index (χ3v) is 3.75. The van der Waals surface area contributed by atoms with E-state index in [0.717, 1.165) is 22.7 Å². The molecule has 0 spiro atoms. The Bertz CT molecular complexity index is 901. The Balaban J connectivity index is 1.81. The zero-order valence-corrected chi connectivity index (χ0v) is 15.6. The van der Waals surface area contributed by atoms with Gasteiger partial charge >= 0.3 is 0 Å². The lowest BCUT2D eigenvalue weighted by atomic mass is 10.2. The predicted molar refractivity (Wildman–Crippen MR) is 105 cm³/mol. The van der Waals surface area contributed by atoms with E-state index in [9.17, 15) is 0 Å². The van der Waals surface area contributed by atoms with Crippen molar-refractivity contribution in [3.63, 3.8) is 0 Å². The summed E-state index contributed by atoms with van der Waals surface area (Å²) in [6.07, 6.45) is 1.62. The Labute approximate surface area is 157 Å². The first-order chi connectivity index (χ1) is 12.5. The van der Waals surface area contributed by atoms with Gasteiger partial charge in [0, 0.05) is 10.7 Å². The lowest BCUT2D eigenvalue weighted by Crippen LogP contribution is -2.08. The Morgan fingerprint density at radius 3 is 2.65 bits per heavy atom. The van der Waals surface area contributed by atoms with Crippen molar-refractivity contribution >= 4 is 34.7 Å². The van der Waals surface area contributed by atoms with Gasteiger partial charge in [-0.15, -0.1) is 5.10 Å². The van der Waals surface area contributed by atoms with Crippen LogP contribution in [0.4, 0.5) is 23.1 Å². The number of halogens is 1. The van der Waals surface area contributed by atoms with Crippen LogP contribution in [-0.4, -0.2) is 21.3 Å². The fraction of sp³-hybridized carbons (Fsp3) is 0.211. The first-order valence-corrected chi connectivity index (χ1v) is 8.64. The summed E-state index contributed by atoms with van der Waals surface area (Å²) < 4.78 is 5.80. The van der Waals surface area contributed by atoms with Crippen molar-refractivity contribution in [3.8, 4) is 5.75 Å². The number of rotatable bonds is 6. The molecule has 0 fully saturated rings. The average molecular weight is 370 g/mol. The summed E-state index contributed by atoms with van der Waals surface area (Å²) in [5.41, 5.74) is 2.70. The topological polar surface area (TPSA) is 72.0 Å². The largest absolute Gasteiger partial charge is 0.489 e. The lowest BCUT2D eigenvalue weighted by molar-refractivity contribution is 0.244. The monoisotopic (exact) mass is 369 g/mol. The molecule has 0 unspecified atom stereocenters. The van der Waals surface area contributed by atoms with Crippen molar-refractivity contribution < 1.29 is 4.74 Å². The number of anilines is 4. The molecule has 0 aliphatic rings. The molecule has 0 amide bonds. The number of aryl methyl sites for hydroxylation is 1. The van der Waals surface area contributed by atoms with Gasteiger partial charge in [-0.3, -0.25) is 0 Å². The standard InChI is InChI=1S/C19H20ClN5O/c1-12(2)26-17-7-5-4-6-15(17)23-19-24-18(11-21-25-19)22-16-10-14(20)9-8-13(16)3/h4-12H,1-3H3,(H2,22,23,24,25). The maximum atomic E-state index is 6.07. The molecule has 0 bridgehead atoms. The minimum atomic E-state index is 0.0656. The van der Waals surface area contributed by atoms with Gasteiger partial charge in [0.05, 0.1) is 18.0 Å². The van der Waals surface area contributed by atoms with Crippen LogP contribution in [0.5, 0.6) is 5.75 Å². The zero-order chi connectivity index (χ0) is 18.5. The number of ether oxygens (including phenoxy) is 1. The van der Waals surface area contributed by atoms with Crippen LogP contribution in [0.1, 0.15) is 19.4 Å². The van der Waals surface area contributed by atoms with Gasteiger partial charge in [-0.2, -0.15) is 10.1 Å². The predicted octanol–water partition coefficient (Wildman–Crippen LogP) is 5.11. The van der Waals surface area contributed by atoms with Gasteiger partial charge in [0.25, 0.3) is 0 Å². The van der Waals surface area contributed by atoms with Crippen molar-refractivity contribution in [1.82, 2.24) is 15.2 Å². The SMILES string of the molecule is Cc1ccc(Cl)cc1Nc1cnnc(Nc2ccccc2OC(C)C)n1. The first kappa shape index (κ1) is 17.9. The molecule has 0 aliphatic heterocycles. The Morgan fingerprint density at radius 1 is 1.04 bits per heavy atom. The molecule has 0 atom stereocenters. The van der Waals surface area contributed by atoms with Crippen molar-refractivity contribution in [3.05, 3.63) is 59.2 Å². The smallest absolute Gasteiger partial charge is 0.249 e. The molecule has 1 heterocycles. The molecule has 26 heavy (non-hydrogen) atoms. The van der Waals surface area contributed by atoms with Crippen molar-refractivity contribution in [1.29, 1.82) is 0 Å². The van der Waals surface area contributed by atoms with E-state index < -0.39 is 0 Å². The lowest BCUT2D eigenvalue weighted by Gasteiger charge is -2.15. The van der Waals surface area contributed by atoms with Gasteiger partial charge < -0.3 is 15.4 Å². The molecule has 7 heteroatoms. The third kappa shape index (κ3) is 4.61. The summed E-state index contributed by atoms with van der Waals surface area (Å²) >= 11 is 6.07. The number of nitrogens with zero attached hydrogens (tertiary/aromatic N) is 3. The van der Waals surface area contributed by atoms with E-state index in [0.29, 0.717) is 16.8 Å². The second-order valence-corrected chi connectivity index (χ2v) is 6.47. The maximum absolute atomic E-state index is 6.07.